The highest BCUT2D eigenvalue weighted by Gasteiger charge is 2.32. The van der Waals surface area contributed by atoms with Gasteiger partial charge in [-0.3, -0.25) is 4.79 Å². The van der Waals surface area contributed by atoms with E-state index in [1.165, 1.54) is 6.07 Å². The lowest BCUT2D eigenvalue weighted by molar-refractivity contribution is 0.0588. The van der Waals surface area contributed by atoms with Gasteiger partial charge >= 0.3 is 0 Å². The molecule has 0 atom stereocenters. The number of likely N-dealkylation sites (tertiary alicyclic amines) is 1. The first-order valence-corrected chi connectivity index (χ1v) is 13.9. The second-order valence-corrected chi connectivity index (χ2v) is 10.6. The predicted molar refractivity (Wildman–Crippen MR) is 152 cm³/mol. The van der Waals surface area contributed by atoms with Crippen molar-refractivity contribution in [2.75, 3.05) is 13.1 Å². The molecule has 9 nitrogen and oxygen atoms in total. The smallest absolute Gasteiger partial charge is 0.274 e. The maximum atomic E-state index is 14.1. The van der Waals surface area contributed by atoms with Crippen molar-refractivity contribution in [3.63, 3.8) is 0 Å². The van der Waals surface area contributed by atoms with E-state index in [-0.39, 0.29) is 29.9 Å². The third kappa shape index (κ3) is 5.70. The summed E-state index contributed by atoms with van der Waals surface area (Å²) in [4.78, 5) is 15.8. The molecule has 42 heavy (non-hydrogen) atoms. The number of nitrogens with zero attached hydrogens (tertiary/aromatic N) is 6. The standard InChI is InChI=1S/C29H23Cl2F2N7O2/c30-18-7-5-17(6-8-18)28-21(16-26-34-37-38-35-26)27(36-40(28)25-4-2-1-3-22(25)31)29(41)39-13-11-19(12-14-39)42-20-9-10-23(32)24(33)15-20/h1-10,15,19H,11-14,16H2,(H,34,35,37,38). The fraction of sp³-hybridized carbons (Fsp3) is 0.207. The molecule has 2 aromatic heterocycles. The van der Waals surface area contributed by atoms with E-state index >= 15 is 0 Å². The summed E-state index contributed by atoms with van der Waals surface area (Å²) in [6.45, 7) is 0.758. The minimum atomic E-state index is -0.972. The molecular weight excluding hydrogens is 587 g/mol. The number of hydrogen-bond donors (Lipinski definition) is 1. The summed E-state index contributed by atoms with van der Waals surface area (Å²) in [5.74, 6) is -1.56. The summed E-state index contributed by atoms with van der Waals surface area (Å²) < 4.78 is 34.5. The van der Waals surface area contributed by atoms with Crippen LogP contribution in [-0.2, 0) is 6.42 Å². The first-order chi connectivity index (χ1) is 20.4. The van der Waals surface area contributed by atoms with Gasteiger partial charge in [0.15, 0.2) is 23.2 Å². The minimum Gasteiger partial charge on any atom is -0.490 e. The van der Waals surface area contributed by atoms with Crippen molar-refractivity contribution in [1.82, 2.24) is 35.3 Å². The molecule has 0 bridgehead atoms. The summed E-state index contributed by atoms with van der Waals surface area (Å²) in [5.41, 5.74) is 2.83. The summed E-state index contributed by atoms with van der Waals surface area (Å²) in [5, 5.41) is 20.2. The average molecular weight is 610 g/mol. The molecule has 0 unspecified atom stereocenters. The third-order valence-electron chi connectivity index (χ3n) is 7.03. The van der Waals surface area contributed by atoms with Crippen LogP contribution in [-0.4, -0.2) is 60.4 Å². The fourth-order valence-electron chi connectivity index (χ4n) is 4.98. The second kappa shape index (κ2) is 11.9. The number of ether oxygens (including phenoxy) is 1. The zero-order valence-corrected chi connectivity index (χ0v) is 23.5. The SMILES string of the molecule is O=C(c1nn(-c2ccccc2Cl)c(-c2ccc(Cl)cc2)c1Cc1nn[nH]n1)N1CCC(Oc2ccc(F)c(F)c2)CC1. The van der Waals surface area contributed by atoms with E-state index in [4.69, 9.17) is 33.0 Å². The molecule has 1 amide bonds. The molecule has 3 heterocycles. The Balaban J connectivity index is 1.35. The lowest BCUT2D eigenvalue weighted by atomic mass is 10.0. The van der Waals surface area contributed by atoms with Gasteiger partial charge in [0.2, 0.25) is 0 Å². The third-order valence-corrected chi connectivity index (χ3v) is 7.60. The highest BCUT2D eigenvalue weighted by molar-refractivity contribution is 6.32. The molecule has 0 aliphatic carbocycles. The second-order valence-electron chi connectivity index (χ2n) is 9.74. The number of benzene rings is 3. The van der Waals surface area contributed by atoms with E-state index in [0.29, 0.717) is 58.7 Å². The molecular formula is C29H23Cl2F2N7O2. The number of halogens is 4. The van der Waals surface area contributed by atoms with Gasteiger partial charge in [-0.25, -0.2) is 13.5 Å². The number of H-pyrrole nitrogens is 1. The number of carbonyl (C=O) groups excluding carboxylic acids is 1. The molecule has 1 N–H and O–H groups in total. The summed E-state index contributed by atoms with van der Waals surface area (Å²) >= 11 is 12.8. The van der Waals surface area contributed by atoms with Crippen molar-refractivity contribution >= 4 is 29.1 Å². The number of carbonyl (C=O) groups is 1. The normalized spacial score (nSPS) is 13.9. The number of para-hydroxylation sites is 1. The number of hydrogen-bond acceptors (Lipinski definition) is 6. The van der Waals surface area contributed by atoms with Crippen LogP contribution in [0.1, 0.15) is 34.7 Å². The Morgan fingerprint density at radius 3 is 2.45 bits per heavy atom. The quantitative estimate of drug-likeness (QED) is 0.246. The van der Waals surface area contributed by atoms with Gasteiger partial charge in [0, 0.05) is 54.6 Å². The Morgan fingerprint density at radius 2 is 1.76 bits per heavy atom. The van der Waals surface area contributed by atoms with E-state index < -0.39 is 11.6 Å². The van der Waals surface area contributed by atoms with Crippen molar-refractivity contribution in [2.45, 2.75) is 25.4 Å². The molecule has 0 saturated carbocycles. The van der Waals surface area contributed by atoms with Crippen molar-refractivity contribution in [3.05, 3.63) is 105 Å². The molecule has 1 aliphatic heterocycles. The number of aromatic amines is 1. The molecule has 3 aromatic carbocycles. The number of aromatic nitrogens is 6. The van der Waals surface area contributed by atoms with E-state index in [1.54, 1.807) is 27.8 Å². The summed E-state index contributed by atoms with van der Waals surface area (Å²) in [6.07, 6.45) is 0.916. The van der Waals surface area contributed by atoms with Crippen molar-refractivity contribution in [3.8, 4) is 22.7 Å². The van der Waals surface area contributed by atoms with Crippen molar-refractivity contribution < 1.29 is 18.3 Å². The monoisotopic (exact) mass is 609 g/mol. The number of rotatable bonds is 7. The molecule has 5 aromatic rings. The topological polar surface area (TPSA) is 102 Å². The Kier molecular flexibility index (Phi) is 7.86. The Bertz CT molecular complexity index is 1720. The Morgan fingerprint density at radius 1 is 1.00 bits per heavy atom. The van der Waals surface area contributed by atoms with E-state index in [0.717, 1.165) is 17.7 Å². The molecule has 214 valence electrons. The fourth-order valence-corrected chi connectivity index (χ4v) is 5.32. The highest BCUT2D eigenvalue weighted by atomic mass is 35.5. The maximum Gasteiger partial charge on any atom is 0.274 e. The van der Waals surface area contributed by atoms with Crippen LogP contribution in [0.4, 0.5) is 8.78 Å². The van der Waals surface area contributed by atoms with Crippen LogP contribution in [0.2, 0.25) is 10.0 Å². The van der Waals surface area contributed by atoms with Gasteiger partial charge in [0.1, 0.15) is 11.9 Å². The van der Waals surface area contributed by atoms with Gasteiger partial charge < -0.3 is 9.64 Å². The number of tetrazole rings is 1. The predicted octanol–water partition coefficient (Wildman–Crippen LogP) is 5.91. The summed E-state index contributed by atoms with van der Waals surface area (Å²) in [7, 11) is 0. The van der Waals surface area contributed by atoms with Crippen LogP contribution >= 0.6 is 23.2 Å². The van der Waals surface area contributed by atoms with Crippen LogP contribution in [0.15, 0.2) is 66.7 Å². The molecule has 6 rings (SSSR count). The van der Waals surface area contributed by atoms with Gasteiger partial charge in [-0.1, -0.05) is 52.7 Å². The lowest BCUT2D eigenvalue weighted by Gasteiger charge is -2.32. The van der Waals surface area contributed by atoms with Crippen LogP contribution in [0.3, 0.4) is 0 Å². The van der Waals surface area contributed by atoms with Crippen LogP contribution in [0, 0.1) is 11.6 Å². The molecule has 0 spiro atoms. The molecule has 0 radical (unpaired) electrons. The van der Waals surface area contributed by atoms with Crippen molar-refractivity contribution in [2.24, 2.45) is 0 Å². The highest BCUT2D eigenvalue weighted by Crippen LogP contribution is 2.34. The first kappa shape index (κ1) is 27.8. The van der Waals surface area contributed by atoms with Crippen LogP contribution in [0.5, 0.6) is 5.75 Å². The van der Waals surface area contributed by atoms with Gasteiger partial charge in [0.25, 0.3) is 5.91 Å². The van der Waals surface area contributed by atoms with Gasteiger partial charge in [0.05, 0.1) is 16.4 Å². The molecule has 13 heteroatoms. The van der Waals surface area contributed by atoms with E-state index in [9.17, 15) is 13.6 Å². The summed E-state index contributed by atoms with van der Waals surface area (Å²) in [6, 6.07) is 17.9. The zero-order valence-electron chi connectivity index (χ0n) is 22.0. The molecule has 1 fully saturated rings. The van der Waals surface area contributed by atoms with Crippen LogP contribution in [0.25, 0.3) is 16.9 Å². The molecule has 1 saturated heterocycles. The largest absolute Gasteiger partial charge is 0.490 e. The van der Waals surface area contributed by atoms with Crippen molar-refractivity contribution in [1.29, 1.82) is 0 Å². The average Bonchev–Trinajstić information content (AvgIpc) is 3.64. The van der Waals surface area contributed by atoms with E-state index in [1.807, 2.05) is 30.3 Å². The Hall–Kier alpha value is -4.35. The van der Waals surface area contributed by atoms with Crippen LogP contribution < -0.4 is 4.74 Å². The number of nitrogens with one attached hydrogen (secondary N) is 1. The maximum absolute atomic E-state index is 14.1. The number of piperidine rings is 1. The number of amides is 1. The first-order valence-electron chi connectivity index (χ1n) is 13.1. The van der Waals surface area contributed by atoms with Gasteiger partial charge in [-0.2, -0.15) is 10.3 Å². The van der Waals surface area contributed by atoms with Gasteiger partial charge in [-0.05, 0) is 36.4 Å². The Labute approximate surface area is 249 Å². The zero-order chi connectivity index (χ0) is 29.2. The van der Waals surface area contributed by atoms with E-state index in [2.05, 4.69) is 20.6 Å². The minimum absolute atomic E-state index is 0.176. The lowest BCUT2D eigenvalue weighted by Crippen LogP contribution is -2.42. The van der Waals surface area contributed by atoms with Gasteiger partial charge in [-0.15, -0.1) is 10.2 Å². The molecule has 1 aliphatic rings.